The van der Waals surface area contributed by atoms with Crippen LogP contribution in [0.2, 0.25) is 0 Å². The van der Waals surface area contributed by atoms with Crippen molar-refractivity contribution in [3.8, 4) is 0 Å². The average molecular weight is 246 g/mol. The Kier molecular flexibility index (Phi) is 4.94. The summed E-state index contributed by atoms with van der Waals surface area (Å²) in [5, 5.41) is 3.63. The van der Waals surface area contributed by atoms with Gasteiger partial charge in [-0.1, -0.05) is 0 Å². The van der Waals surface area contributed by atoms with Gasteiger partial charge in [0, 0.05) is 12.6 Å². The van der Waals surface area contributed by atoms with Gasteiger partial charge in [-0.2, -0.15) is 0 Å². The van der Waals surface area contributed by atoms with Gasteiger partial charge < -0.3 is 10.1 Å². The van der Waals surface area contributed by atoms with Crippen LogP contribution in [0.1, 0.15) is 34.6 Å². The fourth-order valence-electron chi connectivity index (χ4n) is 1.07. The quantitative estimate of drug-likeness (QED) is 0.762. The van der Waals surface area contributed by atoms with Crippen LogP contribution in [0.4, 0.5) is 4.79 Å². The molecule has 0 aliphatic carbocycles. The highest BCUT2D eigenvalue weighted by Gasteiger charge is 2.35. The molecule has 6 heteroatoms. The number of hydrogen-bond acceptors (Lipinski definition) is 4. The fourth-order valence-corrected chi connectivity index (χ4v) is 1.07. The Labute approximate surface area is 102 Å². The first kappa shape index (κ1) is 15.7. The molecule has 0 saturated heterocycles. The minimum Gasteiger partial charge on any atom is -0.433 e. The Balaban J connectivity index is 4.55. The van der Waals surface area contributed by atoms with Crippen molar-refractivity contribution in [1.82, 2.24) is 10.4 Å². The van der Waals surface area contributed by atoms with Crippen LogP contribution in [0.3, 0.4) is 0 Å². The predicted molar refractivity (Wildman–Crippen MR) is 63.2 cm³/mol. The van der Waals surface area contributed by atoms with E-state index in [0.29, 0.717) is 0 Å². The van der Waals surface area contributed by atoms with Crippen LogP contribution in [0.15, 0.2) is 0 Å². The van der Waals surface area contributed by atoms with Crippen molar-refractivity contribution in [2.24, 2.45) is 0 Å². The van der Waals surface area contributed by atoms with E-state index in [9.17, 15) is 9.59 Å². The molecule has 0 aromatic rings. The topological polar surface area (TPSA) is 67.9 Å². The number of carbonyl (C=O) groups excluding carboxylic acids is 2. The number of nitrogens with one attached hydrogen (secondary N) is 1. The third kappa shape index (κ3) is 5.53. The first-order valence-electron chi connectivity index (χ1n) is 5.33. The van der Waals surface area contributed by atoms with Gasteiger partial charge in [0.15, 0.2) is 5.60 Å². The molecule has 2 amide bonds. The standard InChI is InChI=1S/C11H22N2O4/c1-10(2,3)12-9(15)17-11(4,5)8(14)13(6)16-7/h1-7H3,(H,12,15). The van der Waals surface area contributed by atoms with E-state index in [4.69, 9.17) is 9.57 Å². The smallest absolute Gasteiger partial charge is 0.408 e. The maximum absolute atomic E-state index is 11.8. The second kappa shape index (κ2) is 5.35. The van der Waals surface area contributed by atoms with Crippen LogP contribution in [-0.4, -0.2) is 42.4 Å². The van der Waals surface area contributed by atoms with Gasteiger partial charge in [0.1, 0.15) is 0 Å². The van der Waals surface area contributed by atoms with Crippen LogP contribution < -0.4 is 5.32 Å². The number of alkyl carbamates (subject to hydrolysis) is 1. The van der Waals surface area contributed by atoms with E-state index in [1.165, 1.54) is 28.0 Å². The largest absolute Gasteiger partial charge is 0.433 e. The van der Waals surface area contributed by atoms with Crippen molar-refractivity contribution in [1.29, 1.82) is 0 Å². The molecule has 1 N–H and O–H groups in total. The van der Waals surface area contributed by atoms with Crippen LogP contribution in [-0.2, 0) is 14.4 Å². The van der Waals surface area contributed by atoms with E-state index in [1.807, 2.05) is 20.8 Å². The van der Waals surface area contributed by atoms with Gasteiger partial charge in [0.25, 0.3) is 5.91 Å². The van der Waals surface area contributed by atoms with Crippen LogP contribution in [0.25, 0.3) is 0 Å². The highest BCUT2D eigenvalue weighted by molar-refractivity contribution is 5.86. The van der Waals surface area contributed by atoms with Crippen molar-refractivity contribution in [2.75, 3.05) is 14.2 Å². The zero-order chi connectivity index (χ0) is 13.9. The number of ether oxygens (including phenoxy) is 1. The summed E-state index contributed by atoms with van der Waals surface area (Å²) in [6.45, 7) is 8.49. The highest BCUT2D eigenvalue weighted by Crippen LogP contribution is 2.14. The molecule has 0 aromatic heterocycles. The van der Waals surface area contributed by atoms with Crippen molar-refractivity contribution in [2.45, 2.75) is 45.8 Å². The summed E-state index contributed by atoms with van der Waals surface area (Å²) in [6.07, 6.45) is -0.639. The summed E-state index contributed by atoms with van der Waals surface area (Å²) in [4.78, 5) is 28.1. The van der Waals surface area contributed by atoms with Crippen LogP contribution in [0, 0.1) is 0 Å². The number of hydrogen-bond donors (Lipinski definition) is 1. The van der Waals surface area contributed by atoms with Gasteiger partial charge >= 0.3 is 6.09 Å². The molecule has 0 aromatic carbocycles. The molecule has 0 atom stereocenters. The summed E-state index contributed by atoms with van der Waals surface area (Å²) in [5.41, 5.74) is -1.69. The molecule has 0 unspecified atom stereocenters. The van der Waals surface area contributed by atoms with Crippen molar-refractivity contribution < 1.29 is 19.2 Å². The number of amides is 2. The second-order valence-corrected chi connectivity index (χ2v) is 5.26. The second-order valence-electron chi connectivity index (χ2n) is 5.26. The minimum atomic E-state index is -1.28. The molecule has 0 rings (SSSR count). The molecule has 0 fully saturated rings. The van der Waals surface area contributed by atoms with Gasteiger partial charge in [-0.25, -0.2) is 9.86 Å². The van der Waals surface area contributed by atoms with E-state index in [2.05, 4.69) is 5.32 Å². The molecular weight excluding hydrogens is 224 g/mol. The third-order valence-electron chi connectivity index (χ3n) is 1.90. The first-order valence-corrected chi connectivity index (χ1v) is 5.33. The lowest BCUT2D eigenvalue weighted by atomic mass is 10.1. The lowest BCUT2D eigenvalue weighted by molar-refractivity contribution is -0.185. The number of nitrogens with zero attached hydrogens (tertiary/aromatic N) is 1. The van der Waals surface area contributed by atoms with Gasteiger partial charge in [-0.15, -0.1) is 0 Å². The molecule has 6 nitrogen and oxygen atoms in total. The van der Waals surface area contributed by atoms with E-state index in [-0.39, 0.29) is 0 Å². The first-order chi connectivity index (χ1) is 7.49. The predicted octanol–water partition coefficient (Wildman–Crippen LogP) is 1.31. The van der Waals surface area contributed by atoms with Crippen LogP contribution >= 0.6 is 0 Å². The average Bonchev–Trinajstić information content (AvgIpc) is 2.11. The zero-order valence-electron chi connectivity index (χ0n) is 11.6. The summed E-state index contributed by atoms with van der Waals surface area (Å²) < 4.78 is 5.08. The Morgan fingerprint density at radius 3 is 1.94 bits per heavy atom. The summed E-state index contributed by atoms with van der Waals surface area (Å²) in [6, 6.07) is 0. The maximum atomic E-state index is 11.8. The van der Waals surface area contributed by atoms with E-state index in [0.717, 1.165) is 5.06 Å². The van der Waals surface area contributed by atoms with Gasteiger partial charge in [-0.05, 0) is 34.6 Å². The highest BCUT2D eigenvalue weighted by atomic mass is 16.7. The summed E-state index contributed by atoms with van der Waals surface area (Å²) >= 11 is 0. The maximum Gasteiger partial charge on any atom is 0.408 e. The lowest BCUT2D eigenvalue weighted by Crippen LogP contribution is -2.50. The number of likely N-dealkylation sites (N-methyl/N-ethyl adjacent to an activating group) is 1. The van der Waals surface area contributed by atoms with Crippen molar-refractivity contribution in [3.63, 3.8) is 0 Å². The zero-order valence-corrected chi connectivity index (χ0v) is 11.6. The van der Waals surface area contributed by atoms with Gasteiger partial charge in [0.05, 0.1) is 7.11 Å². The van der Waals surface area contributed by atoms with Crippen molar-refractivity contribution in [3.05, 3.63) is 0 Å². The molecule has 0 radical (unpaired) electrons. The Morgan fingerprint density at radius 1 is 1.12 bits per heavy atom. The van der Waals surface area contributed by atoms with E-state index >= 15 is 0 Å². The molecule has 0 heterocycles. The monoisotopic (exact) mass is 246 g/mol. The van der Waals surface area contributed by atoms with E-state index < -0.39 is 23.1 Å². The molecule has 0 aliphatic heterocycles. The number of carbonyl (C=O) groups is 2. The fraction of sp³-hybridized carbons (Fsp3) is 0.818. The normalized spacial score (nSPS) is 11.9. The number of hydroxylamine groups is 2. The molecule has 0 aliphatic rings. The summed E-state index contributed by atoms with van der Waals surface area (Å²) in [5.74, 6) is -0.441. The Hall–Kier alpha value is -1.30. The van der Waals surface area contributed by atoms with Crippen molar-refractivity contribution >= 4 is 12.0 Å². The van der Waals surface area contributed by atoms with Crippen LogP contribution in [0.5, 0.6) is 0 Å². The SMILES string of the molecule is CON(C)C(=O)C(C)(C)OC(=O)NC(C)(C)C. The van der Waals surface area contributed by atoms with Gasteiger partial charge in [-0.3, -0.25) is 9.63 Å². The third-order valence-corrected chi connectivity index (χ3v) is 1.90. The molecule has 100 valence electrons. The molecular formula is C11H22N2O4. The number of rotatable bonds is 3. The van der Waals surface area contributed by atoms with E-state index in [1.54, 1.807) is 0 Å². The molecule has 17 heavy (non-hydrogen) atoms. The Bertz CT molecular complexity index is 294. The molecule has 0 saturated carbocycles. The van der Waals surface area contributed by atoms with Gasteiger partial charge in [0.2, 0.25) is 0 Å². The molecule has 0 spiro atoms. The Morgan fingerprint density at radius 2 is 1.59 bits per heavy atom. The summed E-state index contributed by atoms with van der Waals surface area (Å²) in [7, 11) is 2.82. The lowest BCUT2D eigenvalue weighted by Gasteiger charge is -2.29. The minimum absolute atomic E-state index is 0.413. The molecule has 0 bridgehead atoms.